The Morgan fingerprint density at radius 2 is 1.81 bits per heavy atom. The average molecular weight is 362 g/mol. The molecule has 1 aromatic rings. The third-order valence-corrected chi connectivity index (χ3v) is 3.83. The molecule has 0 spiro atoms. The quantitative estimate of drug-likeness (QED) is 0.616. The number of benzene rings is 1. The number of carbonyl (C=O) groups excluding carboxylic acids is 1. The number of amidine groups is 1. The maximum absolute atomic E-state index is 12.8. The summed E-state index contributed by atoms with van der Waals surface area (Å²) in [5.41, 5.74) is 13.2. The number of aliphatic hydroxyl groups excluding tert-OH is 1. The van der Waals surface area contributed by atoms with Crippen molar-refractivity contribution in [3.8, 4) is 5.75 Å². The van der Waals surface area contributed by atoms with E-state index in [2.05, 4.69) is 9.98 Å². The summed E-state index contributed by atoms with van der Waals surface area (Å²) < 4.78 is 5.40. The SMILES string of the molecule is CCN=C1C(=Nc2cc(OCCO)c(N)cc2N)C(=O)N(CC)N1CC. The number of hydrazine groups is 1. The van der Waals surface area contributed by atoms with Gasteiger partial charge in [0.15, 0.2) is 11.5 Å². The van der Waals surface area contributed by atoms with Gasteiger partial charge in [-0.3, -0.25) is 14.8 Å². The van der Waals surface area contributed by atoms with Crippen LogP contribution in [0.5, 0.6) is 5.75 Å². The summed E-state index contributed by atoms with van der Waals surface area (Å²) in [7, 11) is 0. The monoisotopic (exact) mass is 362 g/mol. The van der Waals surface area contributed by atoms with Crippen molar-refractivity contribution in [2.75, 3.05) is 44.3 Å². The number of amides is 1. The topological polar surface area (TPSA) is 130 Å². The summed E-state index contributed by atoms with van der Waals surface area (Å²) in [6, 6.07) is 3.09. The first-order chi connectivity index (χ1) is 12.5. The number of carbonyl (C=O) groups is 1. The third kappa shape index (κ3) is 3.72. The van der Waals surface area contributed by atoms with Crippen molar-refractivity contribution in [3.05, 3.63) is 12.1 Å². The van der Waals surface area contributed by atoms with E-state index in [4.69, 9.17) is 21.3 Å². The minimum atomic E-state index is -0.226. The predicted molar refractivity (Wildman–Crippen MR) is 103 cm³/mol. The van der Waals surface area contributed by atoms with Gasteiger partial charge in [0.1, 0.15) is 12.4 Å². The van der Waals surface area contributed by atoms with Gasteiger partial charge in [0, 0.05) is 25.7 Å². The van der Waals surface area contributed by atoms with Crippen molar-refractivity contribution in [3.63, 3.8) is 0 Å². The normalized spacial score (nSPS) is 17.6. The molecule has 9 nitrogen and oxygen atoms in total. The molecular weight excluding hydrogens is 336 g/mol. The van der Waals surface area contributed by atoms with Crippen LogP contribution in [0.25, 0.3) is 0 Å². The molecule has 26 heavy (non-hydrogen) atoms. The molecule has 142 valence electrons. The number of rotatable bonds is 7. The Kier molecular flexibility index (Phi) is 6.40. The van der Waals surface area contributed by atoms with Crippen molar-refractivity contribution >= 4 is 34.5 Å². The lowest BCUT2D eigenvalue weighted by Crippen LogP contribution is -2.40. The van der Waals surface area contributed by atoms with Gasteiger partial charge < -0.3 is 21.3 Å². The maximum atomic E-state index is 12.8. The second kappa shape index (κ2) is 8.52. The maximum Gasteiger partial charge on any atom is 0.294 e. The van der Waals surface area contributed by atoms with Gasteiger partial charge in [-0.15, -0.1) is 0 Å². The van der Waals surface area contributed by atoms with Crippen LogP contribution in [0.4, 0.5) is 17.1 Å². The fourth-order valence-corrected chi connectivity index (χ4v) is 2.70. The molecule has 0 atom stereocenters. The highest BCUT2D eigenvalue weighted by atomic mass is 16.5. The Balaban J connectivity index is 2.52. The van der Waals surface area contributed by atoms with Gasteiger partial charge in [-0.2, -0.15) is 0 Å². The number of nitrogens with zero attached hydrogens (tertiary/aromatic N) is 4. The highest BCUT2D eigenvalue weighted by molar-refractivity contribution is 6.69. The van der Waals surface area contributed by atoms with Crippen LogP contribution >= 0.6 is 0 Å². The van der Waals surface area contributed by atoms with Gasteiger partial charge in [-0.25, -0.2) is 10.0 Å². The second-order valence-electron chi connectivity index (χ2n) is 5.52. The molecule has 0 unspecified atom stereocenters. The standard InChI is InChI=1S/C17H26N6O3/c1-4-20-16-15(17(25)23(6-3)22(16)5-2)21-13-10-14(26-8-7-24)12(19)9-11(13)18/h9-10,24H,4-8,18-19H2,1-3H3. The molecule has 5 N–H and O–H groups in total. The predicted octanol–water partition coefficient (Wildman–Crippen LogP) is 0.812. The van der Waals surface area contributed by atoms with Crippen LogP contribution < -0.4 is 16.2 Å². The fraction of sp³-hybridized carbons (Fsp3) is 0.471. The van der Waals surface area contributed by atoms with E-state index in [1.165, 1.54) is 6.07 Å². The van der Waals surface area contributed by atoms with Crippen molar-refractivity contribution in [2.45, 2.75) is 20.8 Å². The van der Waals surface area contributed by atoms with E-state index in [1.807, 2.05) is 20.8 Å². The average Bonchev–Trinajstić information content (AvgIpc) is 2.87. The number of anilines is 2. The molecule has 2 rings (SSSR count). The first kappa shape index (κ1) is 19.5. The lowest BCUT2D eigenvalue weighted by atomic mass is 10.2. The summed E-state index contributed by atoms with van der Waals surface area (Å²) in [4.78, 5) is 21.7. The van der Waals surface area contributed by atoms with Crippen LogP contribution in [0.1, 0.15) is 20.8 Å². The van der Waals surface area contributed by atoms with E-state index >= 15 is 0 Å². The van der Waals surface area contributed by atoms with Gasteiger partial charge in [-0.05, 0) is 26.8 Å². The number of aliphatic imine (C=N–C) groups is 2. The molecule has 1 fully saturated rings. The van der Waals surface area contributed by atoms with Crippen molar-refractivity contribution < 1.29 is 14.6 Å². The fourth-order valence-electron chi connectivity index (χ4n) is 2.70. The Hall–Kier alpha value is -2.81. The van der Waals surface area contributed by atoms with E-state index in [0.29, 0.717) is 48.3 Å². The first-order valence-electron chi connectivity index (χ1n) is 8.63. The lowest BCUT2D eigenvalue weighted by molar-refractivity contribution is -0.131. The zero-order valence-corrected chi connectivity index (χ0v) is 15.4. The Bertz CT molecular complexity index is 731. The molecule has 0 aliphatic carbocycles. The minimum Gasteiger partial charge on any atom is -0.489 e. The molecule has 0 aromatic heterocycles. The van der Waals surface area contributed by atoms with Gasteiger partial charge in [0.2, 0.25) is 0 Å². The molecule has 1 aromatic carbocycles. The van der Waals surface area contributed by atoms with Gasteiger partial charge in [0.25, 0.3) is 5.91 Å². The van der Waals surface area contributed by atoms with Crippen molar-refractivity contribution in [2.24, 2.45) is 9.98 Å². The van der Waals surface area contributed by atoms with E-state index in [1.54, 1.807) is 16.1 Å². The van der Waals surface area contributed by atoms with E-state index in [9.17, 15) is 4.79 Å². The molecule has 1 aliphatic heterocycles. The highest BCUT2D eigenvalue weighted by Gasteiger charge is 2.38. The molecule has 1 aliphatic rings. The smallest absolute Gasteiger partial charge is 0.294 e. The number of aliphatic hydroxyl groups is 1. The van der Waals surface area contributed by atoms with Crippen LogP contribution in [0.3, 0.4) is 0 Å². The van der Waals surface area contributed by atoms with Crippen molar-refractivity contribution in [1.29, 1.82) is 0 Å². The van der Waals surface area contributed by atoms with E-state index in [0.717, 1.165) is 0 Å². The van der Waals surface area contributed by atoms with Crippen LogP contribution in [0.15, 0.2) is 22.1 Å². The molecule has 1 amide bonds. The summed E-state index contributed by atoms with van der Waals surface area (Å²) in [5.74, 6) is 0.651. The molecule has 0 bridgehead atoms. The largest absolute Gasteiger partial charge is 0.489 e. The number of nitrogens with two attached hydrogens (primary N) is 2. The first-order valence-corrected chi connectivity index (χ1v) is 8.63. The second-order valence-corrected chi connectivity index (χ2v) is 5.52. The molecule has 1 heterocycles. The third-order valence-electron chi connectivity index (χ3n) is 3.83. The number of hydrogen-bond donors (Lipinski definition) is 3. The van der Waals surface area contributed by atoms with Crippen LogP contribution in [0, 0.1) is 0 Å². The molecule has 1 saturated heterocycles. The number of hydrogen-bond acceptors (Lipinski definition) is 7. The van der Waals surface area contributed by atoms with Gasteiger partial charge in [-0.1, -0.05) is 0 Å². The van der Waals surface area contributed by atoms with Crippen molar-refractivity contribution in [1.82, 2.24) is 10.0 Å². The van der Waals surface area contributed by atoms with E-state index in [-0.39, 0.29) is 24.8 Å². The van der Waals surface area contributed by atoms with E-state index < -0.39 is 0 Å². The van der Waals surface area contributed by atoms with Gasteiger partial charge >= 0.3 is 0 Å². The van der Waals surface area contributed by atoms with Crippen LogP contribution in [-0.4, -0.2) is 65.4 Å². The summed E-state index contributed by atoms with van der Waals surface area (Å²) in [5, 5.41) is 12.3. The molecule has 9 heteroatoms. The van der Waals surface area contributed by atoms with Crippen LogP contribution in [-0.2, 0) is 4.79 Å². The summed E-state index contributed by atoms with van der Waals surface area (Å²) in [6.45, 7) is 7.33. The molecular formula is C17H26N6O3. The Morgan fingerprint density at radius 1 is 1.12 bits per heavy atom. The minimum absolute atomic E-state index is 0.0961. The zero-order chi connectivity index (χ0) is 19.3. The molecule has 0 radical (unpaired) electrons. The zero-order valence-electron chi connectivity index (χ0n) is 15.4. The molecule has 0 saturated carbocycles. The number of ether oxygens (including phenoxy) is 1. The Morgan fingerprint density at radius 3 is 2.38 bits per heavy atom. The highest BCUT2D eigenvalue weighted by Crippen LogP contribution is 2.34. The number of nitrogen functional groups attached to an aromatic ring is 2. The van der Waals surface area contributed by atoms with Gasteiger partial charge in [0.05, 0.1) is 23.7 Å². The Labute approximate surface area is 152 Å². The summed E-state index contributed by atoms with van der Waals surface area (Å²) in [6.07, 6.45) is 0. The van der Waals surface area contributed by atoms with Crippen LogP contribution in [0.2, 0.25) is 0 Å². The lowest BCUT2D eigenvalue weighted by Gasteiger charge is -2.26. The summed E-state index contributed by atoms with van der Waals surface area (Å²) >= 11 is 0.